The minimum absolute atomic E-state index is 0.0237. The second-order valence-electron chi connectivity index (χ2n) is 14.9. The molecule has 2 fully saturated rings. The van der Waals surface area contributed by atoms with E-state index in [-0.39, 0.29) is 33.9 Å². The highest BCUT2D eigenvalue weighted by Gasteiger charge is 2.29. The SMILES string of the molecule is Cc1cc(S(=O)(=O)NC(=O)c2ccc(N3CCN(C(c4ccc(F)cc4)c4ccc(F)cc4)CC3)cc2Oc2ccc3[nH]ccc3c2)ccc1NCC1CCOCC1. The molecule has 8 rings (SSSR count). The number of piperazine rings is 1. The molecule has 0 unspecified atom stereocenters. The van der Waals surface area contributed by atoms with Crippen LogP contribution in [0.15, 0.2) is 120 Å². The lowest BCUT2D eigenvalue weighted by atomic mass is 9.96. The molecule has 2 aliphatic rings. The summed E-state index contributed by atoms with van der Waals surface area (Å²) in [4.78, 5) is 21.5. The third-order valence-electron chi connectivity index (χ3n) is 11.0. The largest absolute Gasteiger partial charge is 0.456 e. The van der Waals surface area contributed by atoms with Gasteiger partial charge in [-0.15, -0.1) is 0 Å². The Balaban J connectivity index is 1.02. The van der Waals surface area contributed by atoms with Crippen molar-refractivity contribution in [2.24, 2.45) is 5.92 Å². The van der Waals surface area contributed by atoms with Gasteiger partial charge in [-0.05, 0) is 121 Å². The number of nitrogens with one attached hydrogen (secondary N) is 3. The molecule has 13 heteroatoms. The summed E-state index contributed by atoms with van der Waals surface area (Å²) < 4.78 is 69.2. The van der Waals surface area contributed by atoms with Crippen LogP contribution in [-0.4, -0.2) is 70.1 Å². The molecule has 58 heavy (non-hydrogen) atoms. The van der Waals surface area contributed by atoms with Crippen LogP contribution in [0.25, 0.3) is 10.9 Å². The lowest BCUT2D eigenvalue weighted by Gasteiger charge is -2.40. The number of halogens is 2. The molecule has 2 aliphatic heterocycles. The van der Waals surface area contributed by atoms with Gasteiger partial charge in [0.05, 0.1) is 16.5 Å². The van der Waals surface area contributed by atoms with Gasteiger partial charge < -0.3 is 24.7 Å². The van der Waals surface area contributed by atoms with Gasteiger partial charge in [-0.3, -0.25) is 9.69 Å². The van der Waals surface area contributed by atoms with Crippen LogP contribution in [0, 0.1) is 24.5 Å². The minimum atomic E-state index is -4.25. The van der Waals surface area contributed by atoms with Gasteiger partial charge in [0.1, 0.15) is 23.1 Å². The van der Waals surface area contributed by atoms with Gasteiger partial charge in [-0.1, -0.05) is 24.3 Å². The predicted molar refractivity (Wildman–Crippen MR) is 221 cm³/mol. The van der Waals surface area contributed by atoms with Crippen molar-refractivity contribution in [1.29, 1.82) is 0 Å². The number of amides is 1. The zero-order chi connectivity index (χ0) is 40.2. The number of hydrogen-bond acceptors (Lipinski definition) is 8. The molecule has 0 radical (unpaired) electrons. The lowest BCUT2D eigenvalue weighted by molar-refractivity contribution is 0.0699. The summed E-state index contributed by atoms with van der Waals surface area (Å²) in [6, 6.07) is 29.9. The average Bonchev–Trinajstić information content (AvgIpc) is 3.70. The number of rotatable bonds is 12. The zero-order valence-corrected chi connectivity index (χ0v) is 32.9. The molecule has 1 aromatic heterocycles. The van der Waals surface area contributed by atoms with Gasteiger partial charge in [0.15, 0.2) is 0 Å². The second kappa shape index (κ2) is 17.0. The first-order valence-electron chi connectivity index (χ1n) is 19.5. The molecule has 300 valence electrons. The van der Waals surface area contributed by atoms with Crippen molar-refractivity contribution in [3.05, 3.63) is 149 Å². The summed E-state index contributed by atoms with van der Waals surface area (Å²) in [7, 11) is -4.25. The van der Waals surface area contributed by atoms with Gasteiger partial charge in [0.2, 0.25) is 0 Å². The summed E-state index contributed by atoms with van der Waals surface area (Å²) in [6.07, 6.45) is 3.78. The van der Waals surface area contributed by atoms with Crippen molar-refractivity contribution < 1.29 is 31.5 Å². The fourth-order valence-electron chi connectivity index (χ4n) is 7.79. The highest BCUT2D eigenvalue weighted by atomic mass is 32.2. The molecule has 0 saturated carbocycles. The van der Waals surface area contributed by atoms with Crippen molar-refractivity contribution in [3.63, 3.8) is 0 Å². The minimum Gasteiger partial charge on any atom is -0.456 e. The number of carbonyl (C=O) groups is 1. The maximum atomic E-state index is 13.9. The fourth-order valence-corrected chi connectivity index (χ4v) is 8.84. The second-order valence-corrected chi connectivity index (χ2v) is 16.6. The molecule has 3 N–H and O–H groups in total. The number of aromatic amines is 1. The van der Waals surface area contributed by atoms with E-state index in [1.165, 1.54) is 30.3 Å². The molecular formula is C45H45F2N5O5S. The third kappa shape index (κ3) is 8.86. The molecule has 0 atom stereocenters. The van der Waals surface area contributed by atoms with Crippen LogP contribution >= 0.6 is 0 Å². The number of ether oxygens (including phenoxy) is 2. The Bertz CT molecular complexity index is 2450. The highest BCUT2D eigenvalue weighted by molar-refractivity contribution is 7.90. The first kappa shape index (κ1) is 39.1. The van der Waals surface area contributed by atoms with E-state index in [0.29, 0.717) is 37.8 Å². The molecule has 6 aromatic rings. The van der Waals surface area contributed by atoms with Crippen LogP contribution in [0.5, 0.6) is 11.5 Å². The van der Waals surface area contributed by atoms with E-state index in [1.807, 2.05) is 31.3 Å². The highest BCUT2D eigenvalue weighted by Crippen LogP contribution is 2.35. The summed E-state index contributed by atoms with van der Waals surface area (Å²) >= 11 is 0. The van der Waals surface area contributed by atoms with Gasteiger partial charge in [0, 0.05) is 80.5 Å². The van der Waals surface area contributed by atoms with E-state index in [4.69, 9.17) is 9.47 Å². The van der Waals surface area contributed by atoms with Crippen molar-refractivity contribution in [1.82, 2.24) is 14.6 Å². The number of anilines is 2. The number of hydrogen-bond donors (Lipinski definition) is 3. The van der Waals surface area contributed by atoms with Crippen molar-refractivity contribution in [2.75, 3.05) is 56.2 Å². The fraction of sp³-hybridized carbons (Fsp3) is 0.267. The zero-order valence-electron chi connectivity index (χ0n) is 32.1. The first-order valence-corrected chi connectivity index (χ1v) is 21.0. The van der Waals surface area contributed by atoms with Gasteiger partial charge >= 0.3 is 0 Å². The predicted octanol–water partition coefficient (Wildman–Crippen LogP) is 8.42. The number of fused-ring (bicyclic) bond motifs is 1. The Morgan fingerprint density at radius 3 is 2.21 bits per heavy atom. The van der Waals surface area contributed by atoms with E-state index in [0.717, 1.165) is 71.6 Å². The van der Waals surface area contributed by atoms with Crippen LogP contribution in [0.3, 0.4) is 0 Å². The van der Waals surface area contributed by atoms with Crippen molar-refractivity contribution >= 4 is 38.2 Å². The molecular weight excluding hydrogens is 761 g/mol. The van der Waals surface area contributed by atoms with Gasteiger partial charge in [-0.2, -0.15) is 0 Å². The molecule has 5 aromatic carbocycles. The lowest BCUT2D eigenvalue weighted by Crippen LogP contribution is -2.48. The summed E-state index contributed by atoms with van der Waals surface area (Å²) in [6.45, 7) is 6.57. The number of nitrogens with zero attached hydrogens (tertiary/aromatic N) is 2. The molecule has 3 heterocycles. The van der Waals surface area contributed by atoms with Crippen LogP contribution < -0.4 is 19.7 Å². The van der Waals surface area contributed by atoms with E-state index in [2.05, 4.69) is 24.8 Å². The Morgan fingerprint density at radius 1 is 0.845 bits per heavy atom. The number of carbonyl (C=O) groups excluding carboxylic acids is 1. The summed E-state index contributed by atoms with van der Waals surface area (Å²) in [5.41, 5.74) is 5.14. The molecule has 10 nitrogen and oxygen atoms in total. The van der Waals surface area contributed by atoms with Crippen LogP contribution in [0.4, 0.5) is 20.2 Å². The van der Waals surface area contributed by atoms with Crippen molar-refractivity contribution in [3.8, 4) is 11.5 Å². The Morgan fingerprint density at radius 2 is 1.53 bits per heavy atom. The molecule has 2 saturated heterocycles. The topological polar surface area (TPSA) is 116 Å². The Hall–Kier alpha value is -5.76. The van der Waals surface area contributed by atoms with Gasteiger partial charge in [-0.25, -0.2) is 21.9 Å². The van der Waals surface area contributed by atoms with Crippen molar-refractivity contribution in [2.45, 2.75) is 30.7 Å². The number of aromatic nitrogens is 1. The Labute approximate surface area is 336 Å². The van der Waals surface area contributed by atoms with Crippen LogP contribution in [-0.2, 0) is 14.8 Å². The van der Waals surface area contributed by atoms with E-state index >= 15 is 0 Å². The summed E-state index contributed by atoms with van der Waals surface area (Å²) in [5, 5.41) is 4.35. The maximum Gasteiger partial charge on any atom is 0.268 e. The third-order valence-corrected chi connectivity index (χ3v) is 12.4. The first-order chi connectivity index (χ1) is 28.1. The normalized spacial score (nSPS) is 15.5. The molecule has 0 bridgehead atoms. The maximum absolute atomic E-state index is 13.9. The van der Waals surface area contributed by atoms with Crippen LogP contribution in [0.2, 0.25) is 0 Å². The quantitative estimate of drug-likeness (QED) is 0.113. The van der Waals surface area contributed by atoms with E-state index in [9.17, 15) is 22.0 Å². The Kier molecular flexibility index (Phi) is 11.5. The molecule has 0 aliphatic carbocycles. The number of benzene rings is 5. The molecule has 0 spiro atoms. The number of aryl methyl sites for hydroxylation is 1. The van der Waals surface area contributed by atoms with Crippen LogP contribution in [0.1, 0.15) is 45.9 Å². The standard InChI is InChI=1S/C45H45F2N5O5S/c1-30-26-39(12-15-41(30)49-29-31-17-24-56-25-18-31)58(54,55)50-45(53)40-13-10-37(28-43(40)57-38-11-14-42-34(27-38)16-19-48-42)51-20-22-52(23-21-51)44(32-2-6-35(46)7-3-32)33-4-8-36(47)9-5-33/h2-16,19,26-28,31,44,48-49H,17-18,20-25,29H2,1H3,(H,50,53). The van der Waals surface area contributed by atoms with Gasteiger partial charge in [0.25, 0.3) is 15.9 Å². The molecule has 1 amide bonds. The number of H-pyrrole nitrogens is 1. The monoisotopic (exact) mass is 805 g/mol. The van der Waals surface area contributed by atoms with E-state index < -0.39 is 15.9 Å². The summed E-state index contributed by atoms with van der Waals surface area (Å²) in [5.74, 6) is -0.319. The smallest absolute Gasteiger partial charge is 0.268 e. The average molecular weight is 806 g/mol. The van der Waals surface area contributed by atoms with E-state index in [1.54, 1.807) is 60.7 Å². The number of sulfonamides is 1.